The van der Waals surface area contributed by atoms with Crippen LogP contribution in [0.4, 0.5) is 5.69 Å². The third-order valence-electron chi connectivity index (χ3n) is 1.98. The van der Waals surface area contributed by atoms with Gasteiger partial charge in [-0.25, -0.2) is 0 Å². The summed E-state index contributed by atoms with van der Waals surface area (Å²) in [5, 5.41) is 21.7. The van der Waals surface area contributed by atoms with Crippen LogP contribution in [0.2, 0.25) is 5.02 Å². The lowest BCUT2D eigenvalue weighted by atomic mass is 10.3. The Bertz CT molecular complexity index is 336. The largest absolute Gasteiger partial charge is 0.394 e. The molecule has 1 atom stereocenters. The third-order valence-corrected chi connectivity index (χ3v) is 3.17. The molecule has 0 aliphatic rings. The first-order chi connectivity index (χ1) is 7.67. The molecule has 3 N–H and O–H groups in total. The molecule has 16 heavy (non-hydrogen) atoms. The molecule has 0 bridgehead atoms. The molecule has 0 aliphatic carbocycles. The van der Waals surface area contributed by atoms with Gasteiger partial charge in [0.15, 0.2) is 0 Å². The van der Waals surface area contributed by atoms with E-state index in [1.807, 2.05) is 18.2 Å². The van der Waals surface area contributed by atoms with Crippen molar-refractivity contribution in [2.45, 2.75) is 17.9 Å². The molecule has 0 fully saturated rings. The quantitative estimate of drug-likeness (QED) is 0.688. The van der Waals surface area contributed by atoms with E-state index in [1.165, 1.54) is 0 Å². The Labute approximate surface area is 105 Å². The molecule has 1 aromatic carbocycles. The second kappa shape index (κ2) is 7.01. The predicted molar refractivity (Wildman–Crippen MR) is 69.4 cm³/mol. The van der Waals surface area contributed by atoms with E-state index in [2.05, 4.69) is 12.2 Å². The average Bonchev–Trinajstić information content (AvgIpc) is 2.29. The molecule has 3 nitrogen and oxygen atoms in total. The first-order valence-electron chi connectivity index (χ1n) is 5.12. The van der Waals surface area contributed by atoms with Crippen LogP contribution in [0.25, 0.3) is 0 Å². The molecule has 1 unspecified atom stereocenters. The van der Waals surface area contributed by atoms with Crippen molar-refractivity contribution in [2.75, 3.05) is 24.2 Å². The summed E-state index contributed by atoms with van der Waals surface area (Å²) in [7, 11) is 0. The Morgan fingerprint density at radius 1 is 1.50 bits per heavy atom. The van der Waals surface area contributed by atoms with Crippen LogP contribution in [-0.2, 0) is 0 Å². The second-order valence-electron chi connectivity index (χ2n) is 3.29. The summed E-state index contributed by atoms with van der Waals surface area (Å²) in [6.45, 7) is 2.14. The molecule has 90 valence electrons. The molecule has 0 saturated heterocycles. The number of anilines is 1. The Kier molecular flexibility index (Phi) is 5.98. The monoisotopic (exact) mass is 261 g/mol. The number of rotatable bonds is 6. The number of benzene rings is 1. The molecular formula is C11H16ClNO2S. The number of halogens is 1. The fraction of sp³-hybridized carbons (Fsp3) is 0.455. The van der Waals surface area contributed by atoms with Crippen LogP contribution in [0.3, 0.4) is 0 Å². The molecule has 0 aromatic heterocycles. The lowest BCUT2D eigenvalue weighted by Crippen LogP contribution is -2.23. The Balaban J connectivity index is 2.71. The van der Waals surface area contributed by atoms with Crippen molar-refractivity contribution in [3.05, 3.63) is 23.2 Å². The van der Waals surface area contributed by atoms with Gasteiger partial charge >= 0.3 is 0 Å². The fourth-order valence-electron chi connectivity index (χ4n) is 1.21. The molecule has 0 aliphatic heterocycles. The summed E-state index contributed by atoms with van der Waals surface area (Å²) in [6.07, 6.45) is -0.751. The number of thioether (sulfide) groups is 1. The first kappa shape index (κ1) is 13.6. The summed E-state index contributed by atoms with van der Waals surface area (Å²) in [5.74, 6) is 0.971. The van der Waals surface area contributed by atoms with Crippen LogP contribution in [0.1, 0.15) is 6.92 Å². The molecule has 5 heteroatoms. The smallest absolute Gasteiger partial charge is 0.0942 e. The van der Waals surface area contributed by atoms with E-state index in [4.69, 9.17) is 16.7 Å². The van der Waals surface area contributed by atoms with Gasteiger partial charge in [-0.05, 0) is 24.0 Å². The number of hydrogen-bond acceptors (Lipinski definition) is 4. The summed E-state index contributed by atoms with van der Waals surface area (Å²) in [5.41, 5.74) is 0.895. The molecule has 0 saturated carbocycles. The van der Waals surface area contributed by atoms with Gasteiger partial charge in [-0.15, -0.1) is 11.8 Å². The van der Waals surface area contributed by atoms with E-state index >= 15 is 0 Å². The van der Waals surface area contributed by atoms with Crippen molar-refractivity contribution in [3.63, 3.8) is 0 Å². The van der Waals surface area contributed by atoms with Gasteiger partial charge in [-0.2, -0.15) is 0 Å². The van der Waals surface area contributed by atoms with Crippen molar-refractivity contribution < 1.29 is 10.2 Å². The highest BCUT2D eigenvalue weighted by molar-refractivity contribution is 7.99. The minimum Gasteiger partial charge on any atom is -0.394 e. The molecule has 0 amide bonds. The van der Waals surface area contributed by atoms with Gasteiger partial charge < -0.3 is 15.5 Å². The van der Waals surface area contributed by atoms with Crippen LogP contribution < -0.4 is 5.32 Å². The van der Waals surface area contributed by atoms with Crippen molar-refractivity contribution in [1.82, 2.24) is 0 Å². The maximum Gasteiger partial charge on any atom is 0.0942 e. The number of aliphatic hydroxyl groups is 2. The van der Waals surface area contributed by atoms with Crippen LogP contribution in [0.5, 0.6) is 0 Å². The lowest BCUT2D eigenvalue weighted by molar-refractivity contribution is 0.105. The fourth-order valence-corrected chi connectivity index (χ4v) is 2.15. The SMILES string of the molecule is CCSc1ccc(Cl)cc1NCC(O)CO. The highest BCUT2D eigenvalue weighted by Crippen LogP contribution is 2.29. The van der Waals surface area contributed by atoms with Gasteiger partial charge in [-0.1, -0.05) is 18.5 Å². The Morgan fingerprint density at radius 3 is 2.88 bits per heavy atom. The van der Waals surface area contributed by atoms with Crippen LogP contribution in [0, 0.1) is 0 Å². The summed E-state index contributed by atoms with van der Waals surface area (Å²) >= 11 is 7.61. The minimum absolute atomic E-state index is 0.246. The molecule has 1 aromatic rings. The Hall–Kier alpha value is -0.420. The highest BCUT2D eigenvalue weighted by atomic mass is 35.5. The predicted octanol–water partition coefficient (Wildman–Crippen LogP) is 2.22. The van der Waals surface area contributed by atoms with Crippen molar-refractivity contribution in [3.8, 4) is 0 Å². The third kappa shape index (κ3) is 4.22. The number of hydrogen-bond donors (Lipinski definition) is 3. The van der Waals surface area contributed by atoms with Gasteiger partial charge in [0.25, 0.3) is 0 Å². The molecule has 1 rings (SSSR count). The van der Waals surface area contributed by atoms with Crippen LogP contribution >= 0.6 is 23.4 Å². The second-order valence-corrected chi connectivity index (χ2v) is 5.03. The maximum absolute atomic E-state index is 9.26. The average molecular weight is 262 g/mol. The summed E-state index contributed by atoms with van der Waals surface area (Å²) in [6, 6.07) is 5.61. The van der Waals surface area contributed by atoms with Gasteiger partial charge in [0.05, 0.1) is 12.7 Å². The topological polar surface area (TPSA) is 52.5 Å². The van der Waals surface area contributed by atoms with Gasteiger partial charge in [0.2, 0.25) is 0 Å². The first-order valence-corrected chi connectivity index (χ1v) is 6.48. The molecule has 0 heterocycles. The standard InChI is InChI=1S/C11H16ClNO2S/c1-2-16-11-4-3-8(12)5-10(11)13-6-9(15)7-14/h3-5,9,13-15H,2,6-7H2,1H3. The summed E-state index contributed by atoms with van der Waals surface area (Å²) < 4.78 is 0. The van der Waals surface area contributed by atoms with Gasteiger partial charge in [0.1, 0.15) is 0 Å². The lowest BCUT2D eigenvalue weighted by Gasteiger charge is -2.13. The molecular weight excluding hydrogens is 246 g/mol. The minimum atomic E-state index is -0.751. The van der Waals surface area contributed by atoms with Crippen LogP contribution in [-0.4, -0.2) is 35.2 Å². The van der Waals surface area contributed by atoms with E-state index in [1.54, 1.807) is 11.8 Å². The van der Waals surface area contributed by atoms with Crippen molar-refractivity contribution in [2.24, 2.45) is 0 Å². The van der Waals surface area contributed by atoms with E-state index in [0.717, 1.165) is 16.3 Å². The zero-order valence-corrected chi connectivity index (χ0v) is 10.7. The highest BCUT2D eigenvalue weighted by Gasteiger charge is 2.06. The molecule has 0 spiro atoms. The Morgan fingerprint density at radius 2 is 2.25 bits per heavy atom. The zero-order valence-electron chi connectivity index (χ0n) is 9.11. The van der Waals surface area contributed by atoms with E-state index in [-0.39, 0.29) is 6.61 Å². The van der Waals surface area contributed by atoms with Gasteiger partial charge in [-0.3, -0.25) is 0 Å². The zero-order chi connectivity index (χ0) is 12.0. The van der Waals surface area contributed by atoms with Crippen molar-refractivity contribution in [1.29, 1.82) is 0 Å². The van der Waals surface area contributed by atoms with E-state index in [0.29, 0.717) is 11.6 Å². The normalized spacial score (nSPS) is 12.5. The van der Waals surface area contributed by atoms with E-state index < -0.39 is 6.10 Å². The van der Waals surface area contributed by atoms with Gasteiger partial charge in [0, 0.05) is 22.2 Å². The van der Waals surface area contributed by atoms with Crippen LogP contribution in [0.15, 0.2) is 23.1 Å². The molecule has 0 radical (unpaired) electrons. The summed E-state index contributed by atoms with van der Waals surface area (Å²) in [4.78, 5) is 1.09. The number of nitrogens with one attached hydrogen (secondary N) is 1. The maximum atomic E-state index is 9.26. The van der Waals surface area contributed by atoms with E-state index in [9.17, 15) is 5.11 Å². The number of aliphatic hydroxyl groups excluding tert-OH is 2. The van der Waals surface area contributed by atoms with Crippen molar-refractivity contribution >= 4 is 29.1 Å².